The maximum absolute atomic E-state index is 10.9. The Balaban J connectivity index is 2.21. The van der Waals surface area contributed by atoms with E-state index in [0.29, 0.717) is 11.1 Å². The summed E-state index contributed by atoms with van der Waals surface area (Å²) in [5.41, 5.74) is 1.15. The van der Waals surface area contributed by atoms with E-state index in [9.17, 15) is 9.59 Å². The number of carbonyl (C=O) groups is 2. The zero-order valence-corrected chi connectivity index (χ0v) is 9.65. The van der Waals surface area contributed by atoms with Crippen LogP contribution in [0, 0.1) is 12.3 Å². The largest absolute Gasteiger partial charge is 0.479 e. The molecular weight excluding hydrogens is 252 g/mol. The third kappa shape index (κ3) is 2.57. The number of carboxylic acids is 2. The van der Waals surface area contributed by atoms with E-state index in [4.69, 9.17) is 26.1 Å². The lowest BCUT2D eigenvalue weighted by Crippen LogP contribution is -2.36. The lowest BCUT2D eigenvalue weighted by atomic mass is 10.1. The van der Waals surface area contributed by atoms with Crippen molar-refractivity contribution in [1.82, 2.24) is 0 Å². The first kappa shape index (κ1) is 13.1. The predicted octanol–water partition coefficient (Wildman–Crippen LogP) is 0.620. The molecule has 2 unspecified atom stereocenters. The predicted molar refractivity (Wildman–Crippen MR) is 62.1 cm³/mol. The Bertz CT molecular complexity index is 519. The molecule has 19 heavy (non-hydrogen) atoms. The lowest BCUT2D eigenvalue weighted by molar-refractivity contribution is -0.156. The molecule has 0 bridgehead atoms. The van der Waals surface area contributed by atoms with Crippen LogP contribution in [0.25, 0.3) is 0 Å². The van der Waals surface area contributed by atoms with Gasteiger partial charge in [-0.1, -0.05) is 18.1 Å². The molecule has 1 fully saturated rings. The van der Waals surface area contributed by atoms with E-state index >= 15 is 0 Å². The molecule has 1 aliphatic rings. The van der Waals surface area contributed by atoms with Crippen molar-refractivity contribution in [1.29, 1.82) is 0 Å². The number of rotatable bonds is 3. The number of hydrogen-bond acceptors (Lipinski definition) is 4. The average molecular weight is 262 g/mol. The molecule has 1 aliphatic heterocycles. The molecule has 2 rings (SSSR count). The summed E-state index contributed by atoms with van der Waals surface area (Å²) in [7, 11) is 0. The van der Waals surface area contributed by atoms with E-state index in [-0.39, 0.29) is 0 Å². The third-order valence-electron chi connectivity index (χ3n) is 2.65. The number of benzene rings is 1. The fourth-order valence-electron chi connectivity index (χ4n) is 1.71. The fraction of sp³-hybridized carbons (Fsp3) is 0.231. The Morgan fingerprint density at radius 1 is 1.05 bits per heavy atom. The zero-order valence-electron chi connectivity index (χ0n) is 9.65. The molecule has 1 aromatic rings. The molecule has 0 radical (unpaired) electrons. The lowest BCUT2D eigenvalue weighted by Gasteiger charge is -2.09. The van der Waals surface area contributed by atoms with Crippen LogP contribution < -0.4 is 0 Å². The molecule has 98 valence electrons. The Morgan fingerprint density at radius 3 is 1.89 bits per heavy atom. The Labute approximate surface area is 108 Å². The average Bonchev–Trinajstić information content (AvgIpc) is 2.84. The molecule has 1 saturated heterocycles. The summed E-state index contributed by atoms with van der Waals surface area (Å²) in [6.07, 6.45) is 1.11. The van der Waals surface area contributed by atoms with Gasteiger partial charge in [-0.15, -0.1) is 6.42 Å². The molecular formula is C13H10O6. The number of ether oxygens (including phenoxy) is 2. The van der Waals surface area contributed by atoms with Gasteiger partial charge in [0.15, 0.2) is 18.5 Å². The minimum absolute atomic E-state index is 0.508. The van der Waals surface area contributed by atoms with Crippen LogP contribution in [0.2, 0.25) is 0 Å². The minimum atomic E-state index is -1.53. The smallest absolute Gasteiger partial charge is 0.336 e. The standard InChI is InChI=1S/C13H10O6/c1-2-7-3-5-8(6-4-7)13-18-9(11(14)15)10(19-13)12(16)17/h1,3-6,9-10,13H,(H,14,15)(H,16,17)/t9-,10?,13?/m1/s1. The molecule has 6 nitrogen and oxygen atoms in total. The van der Waals surface area contributed by atoms with Crippen molar-refractivity contribution in [3.05, 3.63) is 35.4 Å². The van der Waals surface area contributed by atoms with Crippen LogP contribution in [0.15, 0.2) is 24.3 Å². The van der Waals surface area contributed by atoms with Crippen LogP contribution in [0.4, 0.5) is 0 Å². The van der Waals surface area contributed by atoms with Crippen molar-refractivity contribution in [3.8, 4) is 12.3 Å². The summed E-state index contributed by atoms with van der Waals surface area (Å²) in [5, 5.41) is 17.8. The van der Waals surface area contributed by atoms with Gasteiger partial charge in [0.2, 0.25) is 0 Å². The second-order valence-corrected chi connectivity index (χ2v) is 3.89. The Hall–Kier alpha value is -2.36. The first-order valence-corrected chi connectivity index (χ1v) is 5.36. The summed E-state index contributed by atoms with van der Waals surface area (Å²) in [6, 6.07) is 6.46. The van der Waals surface area contributed by atoms with Crippen LogP contribution in [0.5, 0.6) is 0 Å². The quantitative estimate of drug-likeness (QED) is 0.776. The maximum Gasteiger partial charge on any atom is 0.336 e. The molecule has 0 saturated carbocycles. The summed E-state index contributed by atoms with van der Waals surface area (Å²) < 4.78 is 10.2. The van der Waals surface area contributed by atoms with Crippen LogP contribution >= 0.6 is 0 Å². The van der Waals surface area contributed by atoms with Gasteiger partial charge in [0, 0.05) is 11.1 Å². The van der Waals surface area contributed by atoms with Gasteiger partial charge in [0.25, 0.3) is 0 Å². The van der Waals surface area contributed by atoms with E-state index in [1.54, 1.807) is 24.3 Å². The van der Waals surface area contributed by atoms with Gasteiger partial charge < -0.3 is 19.7 Å². The van der Waals surface area contributed by atoms with Crippen LogP contribution in [-0.2, 0) is 19.1 Å². The third-order valence-corrected chi connectivity index (χ3v) is 2.65. The highest BCUT2D eigenvalue weighted by atomic mass is 16.7. The highest BCUT2D eigenvalue weighted by molar-refractivity contribution is 5.84. The van der Waals surface area contributed by atoms with Gasteiger partial charge in [0.1, 0.15) is 0 Å². The molecule has 0 spiro atoms. The zero-order chi connectivity index (χ0) is 14.0. The van der Waals surface area contributed by atoms with Crippen molar-refractivity contribution < 1.29 is 29.3 Å². The monoisotopic (exact) mass is 262 g/mol. The van der Waals surface area contributed by atoms with E-state index in [1.165, 1.54) is 0 Å². The fourth-order valence-corrected chi connectivity index (χ4v) is 1.71. The summed E-state index contributed by atoms with van der Waals surface area (Å²) >= 11 is 0. The second kappa shape index (κ2) is 5.10. The van der Waals surface area contributed by atoms with Crippen LogP contribution in [0.3, 0.4) is 0 Å². The van der Waals surface area contributed by atoms with Crippen LogP contribution in [0.1, 0.15) is 17.4 Å². The minimum Gasteiger partial charge on any atom is -0.479 e. The highest BCUT2D eigenvalue weighted by Gasteiger charge is 2.45. The molecule has 2 N–H and O–H groups in total. The van der Waals surface area contributed by atoms with Crippen molar-refractivity contribution in [2.45, 2.75) is 18.5 Å². The summed E-state index contributed by atoms with van der Waals surface area (Å²) in [6.45, 7) is 0. The molecule has 0 aromatic heterocycles. The van der Waals surface area contributed by atoms with E-state index < -0.39 is 30.4 Å². The van der Waals surface area contributed by atoms with Gasteiger partial charge >= 0.3 is 11.9 Å². The first-order chi connectivity index (χ1) is 9.02. The first-order valence-electron chi connectivity index (χ1n) is 5.36. The van der Waals surface area contributed by atoms with E-state index in [2.05, 4.69) is 5.92 Å². The second-order valence-electron chi connectivity index (χ2n) is 3.89. The van der Waals surface area contributed by atoms with E-state index in [1.807, 2.05) is 0 Å². The number of aliphatic carboxylic acids is 2. The van der Waals surface area contributed by atoms with Gasteiger partial charge in [-0.3, -0.25) is 0 Å². The van der Waals surface area contributed by atoms with Crippen molar-refractivity contribution in [2.24, 2.45) is 0 Å². The molecule has 0 aliphatic carbocycles. The van der Waals surface area contributed by atoms with Gasteiger partial charge in [-0.05, 0) is 12.1 Å². The number of terminal acetylenes is 1. The maximum atomic E-state index is 10.9. The van der Waals surface area contributed by atoms with Crippen molar-refractivity contribution in [2.75, 3.05) is 0 Å². The number of hydrogen-bond donors (Lipinski definition) is 2. The van der Waals surface area contributed by atoms with Gasteiger partial charge in [-0.25, -0.2) is 9.59 Å². The van der Waals surface area contributed by atoms with Crippen molar-refractivity contribution in [3.63, 3.8) is 0 Å². The van der Waals surface area contributed by atoms with Crippen LogP contribution in [-0.4, -0.2) is 34.4 Å². The van der Waals surface area contributed by atoms with Gasteiger partial charge in [-0.2, -0.15) is 0 Å². The molecule has 1 heterocycles. The Kier molecular flexibility index (Phi) is 3.51. The molecule has 0 amide bonds. The molecule has 1 aromatic carbocycles. The molecule has 6 heteroatoms. The van der Waals surface area contributed by atoms with E-state index in [0.717, 1.165) is 0 Å². The normalized spacial score (nSPS) is 25.7. The van der Waals surface area contributed by atoms with Crippen molar-refractivity contribution >= 4 is 11.9 Å². The highest BCUT2D eigenvalue weighted by Crippen LogP contribution is 2.31. The Morgan fingerprint density at radius 2 is 1.53 bits per heavy atom. The summed E-state index contributed by atoms with van der Waals surface area (Å²) in [4.78, 5) is 21.8. The van der Waals surface area contributed by atoms with Gasteiger partial charge in [0.05, 0.1) is 0 Å². The number of carboxylic acid groups (broad SMARTS) is 2. The molecule has 3 atom stereocenters. The SMILES string of the molecule is C#Cc1ccc(C2OC(C(=O)O)[C@H](C(=O)O)O2)cc1. The topological polar surface area (TPSA) is 93.1 Å². The summed E-state index contributed by atoms with van der Waals surface area (Å²) in [5.74, 6) is -0.330.